The summed E-state index contributed by atoms with van der Waals surface area (Å²) >= 11 is 0. The van der Waals surface area contributed by atoms with Gasteiger partial charge in [-0.1, -0.05) is 38.1 Å². The van der Waals surface area contributed by atoms with E-state index in [1.807, 2.05) is 24.3 Å². The van der Waals surface area contributed by atoms with Crippen LogP contribution in [0, 0.1) is 0 Å². The first-order chi connectivity index (χ1) is 13.4. The lowest BCUT2D eigenvalue weighted by Gasteiger charge is -2.26. The fraction of sp³-hybridized carbons (Fsp3) is 0.381. The number of sulfonamides is 1. The summed E-state index contributed by atoms with van der Waals surface area (Å²) in [4.78, 5) is 12.9. The second-order valence-electron chi connectivity index (χ2n) is 6.89. The van der Waals surface area contributed by atoms with E-state index in [9.17, 15) is 13.2 Å². The van der Waals surface area contributed by atoms with Crippen molar-refractivity contribution in [2.24, 2.45) is 0 Å². The zero-order valence-corrected chi connectivity index (χ0v) is 17.0. The maximum atomic E-state index is 12.8. The van der Waals surface area contributed by atoms with Crippen molar-refractivity contribution in [3.63, 3.8) is 0 Å². The molecule has 2 aromatic carbocycles. The molecule has 0 aliphatic carbocycles. The molecule has 6 nitrogen and oxygen atoms in total. The van der Waals surface area contributed by atoms with Gasteiger partial charge in [0, 0.05) is 24.3 Å². The maximum absolute atomic E-state index is 12.8. The summed E-state index contributed by atoms with van der Waals surface area (Å²) < 4.78 is 32.3. The predicted molar refractivity (Wildman–Crippen MR) is 109 cm³/mol. The highest BCUT2D eigenvalue weighted by Crippen LogP contribution is 2.27. The molecular weight excluding hydrogens is 376 g/mol. The van der Waals surface area contributed by atoms with E-state index >= 15 is 0 Å². The molecular formula is C21H26N2O4S. The first-order valence-corrected chi connectivity index (χ1v) is 11.0. The van der Waals surface area contributed by atoms with Crippen LogP contribution in [0.3, 0.4) is 0 Å². The minimum absolute atomic E-state index is 0.122. The topological polar surface area (TPSA) is 75.7 Å². The van der Waals surface area contributed by atoms with Crippen LogP contribution in [0.5, 0.6) is 0 Å². The second-order valence-corrected chi connectivity index (χ2v) is 8.83. The monoisotopic (exact) mass is 402 g/mol. The van der Waals surface area contributed by atoms with Crippen molar-refractivity contribution in [2.75, 3.05) is 31.6 Å². The molecule has 2 aromatic rings. The van der Waals surface area contributed by atoms with E-state index in [0.29, 0.717) is 37.8 Å². The second kappa shape index (κ2) is 8.86. The van der Waals surface area contributed by atoms with Gasteiger partial charge in [0.05, 0.1) is 18.1 Å². The minimum atomic E-state index is -3.64. The third-order valence-corrected chi connectivity index (χ3v) is 6.95. The molecule has 1 aliphatic heterocycles. The van der Waals surface area contributed by atoms with Crippen LogP contribution in [0.1, 0.15) is 42.1 Å². The van der Waals surface area contributed by atoms with Gasteiger partial charge in [-0.2, -0.15) is 4.31 Å². The van der Waals surface area contributed by atoms with Gasteiger partial charge in [0.1, 0.15) is 0 Å². The zero-order chi connectivity index (χ0) is 20.1. The molecule has 0 bridgehead atoms. The Labute approximate surface area is 166 Å². The summed E-state index contributed by atoms with van der Waals surface area (Å²) in [7, 11) is -3.64. The molecule has 1 aliphatic rings. The van der Waals surface area contributed by atoms with E-state index in [0.717, 1.165) is 17.7 Å². The van der Waals surface area contributed by atoms with Gasteiger partial charge >= 0.3 is 0 Å². The summed E-state index contributed by atoms with van der Waals surface area (Å²) in [6.45, 7) is 5.61. The number of amides is 1. The fourth-order valence-electron chi connectivity index (χ4n) is 3.19. The van der Waals surface area contributed by atoms with Crippen LogP contribution in [-0.2, 0) is 14.8 Å². The zero-order valence-electron chi connectivity index (χ0n) is 16.2. The van der Waals surface area contributed by atoms with Gasteiger partial charge in [0.25, 0.3) is 5.91 Å². The largest absolute Gasteiger partial charge is 0.379 e. The van der Waals surface area contributed by atoms with Gasteiger partial charge in [0.15, 0.2) is 0 Å². The number of para-hydroxylation sites is 1. The standard InChI is InChI=1S/C21H26N2O4S/c1-3-16(2)19-9-4-5-10-20(19)22-21(24)17-7-6-8-18(15-17)28(25,26)23-11-13-27-14-12-23/h4-10,15-16H,3,11-14H2,1-2H3,(H,22,24)/t16-/m0/s1. The van der Waals surface area contributed by atoms with Crippen LogP contribution in [-0.4, -0.2) is 44.9 Å². The molecule has 1 saturated heterocycles. The summed E-state index contributed by atoms with van der Waals surface area (Å²) in [5.41, 5.74) is 2.13. The molecule has 1 atom stereocenters. The highest BCUT2D eigenvalue weighted by molar-refractivity contribution is 7.89. The highest BCUT2D eigenvalue weighted by atomic mass is 32.2. The summed E-state index contributed by atoms with van der Waals surface area (Å²) in [6.07, 6.45) is 0.958. The Morgan fingerprint density at radius 1 is 1.14 bits per heavy atom. The molecule has 1 fully saturated rings. The van der Waals surface area contributed by atoms with Crippen LogP contribution in [0.15, 0.2) is 53.4 Å². The Morgan fingerprint density at radius 3 is 2.57 bits per heavy atom. The molecule has 0 aromatic heterocycles. The number of nitrogens with zero attached hydrogens (tertiary/aromatic N) is 1. The first-order valence-electron chi connectivity index (χ1n) is 9.51. The van der Waals surface area contributed by atoms with E-state index in [-0.39, 0.29) is 10.8 Å². The van der Waals surface area contributed by atoms with Crippen molar-refractivity contribution in [1.29, 1.82) is 0 Å². The molecule has 0 unspecified atom stereocenters. The van der Waals surface area contributed by atoms with Crippen LogP contribution in [0.4, 0.5) is 5.69 Å². The van der Waals surface area contributed by atoms with E-state index in [1.165, 1.54) is 16.4 Å². The van der Waals surface area contributed by atoms with Crippen molar-refractivity contribution in [3.8, 4) is 0 Å². The number of ether oxygens (including phenoxy) is 1. The lowest BCUT2D eigenvalue weighted by molar-refractivity contribution is 0.0730. The SMILES string of the molecule is CC[C@H](C)c1ccccc1NC(=O)c1cccc(S(=O)(=O)N2CCOCC2)c1. The van der Waals surface area contributed by atoms with Gasteiger partial charge in [-0.3, -0.25) is 4.79 Å². The number of morpholine rings is 1. The van der Waals surface area contributed by atoms with Gasteiger partial charge in [-0.25, -0.2) is 8.42 Å². The number of carbonyl (C=O) groups excluding carboxylic acids is 1. The quantitative estimate of drug-likeness (QED) is 0.803. The lowest BCUT2D eigenvalue weighted by atomic mass is 9.97. The molecule has 28 heavy (non-hydrogen) atoms. The van der Waals surface area contributed by atoms with Crippen molar-refractivity contribution in [3.05, 3.63) is 59.7 Å². The molecule has 150 valence electrons. The van der Waals surface area contributed by atoms with Crippen LogP contribution >= 0.6 is 0 Å². The number of hydrogen-bond donors (Lipinski definition) is 1. The highest BCUT2D eigenvalue weighted by Gasteiger charge is 2.27. The number of nitrogens with one attached hydrogen (secondary N) is 1. The fourth-order valence-corrected chi connectivity index (χ4v) is 4.64. The van der Waals surface area contributed by atoms with Gasteiger partial charge in [0.2, 0.25) is 10.0 Å². The molecule has 0 radical (unpaired) electrons. The van der Waals surface area contributed by atoms with Gasteiger partial charge in [-0.05, 0) is 42.2 Å². The average Bonchev–Trinajstić information content (AvgIpc) is 2.74. The van der Waals surface area contributed by atoms with Crippen LogP contribution < -0.4 is 5.32 Å². The number of carbonyl (C=O) groups is 1. The molecule has 1 heterocycles. The Bertz CT molecular complexity index is 937. The van der Waals surface area contributed by atoms with Crippen molar-refractivity contribution < 1.29 is 17.9 Å². The Hall–Kier alpha value is -2.22. The average molecular weight is 403 g/mol. The summed E-state index contributed by atoms with van der Waals surface area (Å²) in [5, 5.41) is 2.93. The molecule has 1 N–H and O–H groups in total. The van der Waals surface area contributed by atoms with Crippen LogP contribution in [0.25, 0.3) is 0 Å². The Balaban J connectivity index is 1.84. The lowest BCUT2D eigenvalue weighted by Crippen LogP contribution is -2.40. The maximum Gasteiger partial charge on any atom is 0.255 e. The van der Waals surface area contributed by atoms with Crippen molar-refractivity contribution in [2.45, 2.75) is 31.1 Å². The first kappa shape index (κ1) is 20.5. The van der Waals surface area contributed by atoms with Crippen LogP contribution in [0.2, 0.25) is 0 Å². The Kier molecular flexibility index (Phi) is 6.49. The smallest absolute Gasteiger partial charge is 0.255 e. The summed E-state index contributed by atoms with van der Waals surface area (Å²) in [6, 6.07) is 13.9. The number of benzene rings is 2. The van der Waals surface area contributed by atoms with E-state index in [2.05, 4.69) is 19.2 Å². The molecule has 0 saturated carbocycles. The third-order valence-electron chi connectivity index (χ3n) is 5.06. The van der Waals surface area contributed by atoms with E-state index < -0.39 is 10.0 Å². The molecule has 1 amide bonds. The summed E-state index contributed by atoms with van der Waals surface area (Å²) in [5.74, 6) is -0.0145. The van der Waals surface area contributed by atoms with Crippen molar-refractivity contribution >= 4 is 21.6 Å². The van der Waals surface area contributed by atoms with Gasteiger partial charge < -0.3 is 10.1 Å². The number of rotatable bonds is 6. The predicted octanol–water partition coefficient (Wildman–Crippen LogP) is 3.47. The van der Waals surface area contributed by atoms with E-state index in [1.54, 1.807) is 12.1 Å². The molecule has 0 spiro atoms. The minimum Gasteiger partial charge on any atom is -0.379 e. The van der Waals surface area contributed by atoms with Crippen molar-refractivity contribution in [1.82, 2.24) is 4.31 Å². The third kappa shape index (κ3) is 4.43. The Morgan fingerprint density at radius 2 is 1.86 bits per heavy atom. The van der Waals surface area contributed by atoms with E-state index in [4.69, 9.17) is 4.74 Å². The normalized spacial score (nSPS) is 16.5. The molecule has 7 heteroatoms. The number of hydrogen-bond acceptors (Lipinski definition) is 4. The number of anilines is 1. The van der Waals surface area contributed by atoms with Gasteiger partial charge in [-0.15, -0.1) is 0 Å². The molecule has 3 rings (SSSR count).